The van der Waals surface area contributed by atoms with Gasteiger partial charge >= 0.3 is 0 Å². The lowest BCUT2D eigenvalue weighted by atomic mass is 9.93. The van der Waals surface area contributed by atoms with Crippen molar-refractivity contribution in [3.63, 3.8) is 0 Å². The van der Waals surface area contributed by atoms with Gasteiger partial charge in [-0.1, -0.05) is 50.3 Å². The minimum Gasteiger partial charge on any atom is -0.349 e. The average Bonchev–Trinajstić information content (AvgIpc) is 2.93. The van der Waals surface area contributed by atoms with E-state index in [0.717, 1.165) is 30.4 Å². The standard InChI is InChI=1S/C18H18N2S/c1-11(2)12-6-8-13(9-7-12)17-14-4-3-5-16(14)20-18(21)15(17)10-19/h6-9,11H,3-5H2,1-2H3,(H,20,21). The van der Waals surface area contributed by atoms with Crippen LogP contribution >= 0.6 is 12.2 Å². The van der Waals surface area contributed by atoms with Crippen molar-refractivity contribution in [2.24, 2.45) is 0 Å². The van der Waals surface area contributed by atoms with Gasteiger partial charge in [0.2, 0.25) is 0 Å². The van der Waals surface area contributed by atoms with E-state index >= 15 is 0 Å². The molecule has 1 heterocycles. The fourth-order valence-electron chi connectivity index (χ4n) is 3.08. The van der Waals surface area contributed by atoms with Gasteiger partial charge in [-0.05, 0) is 41.9 Å². The Hall–Kier alpha value is -1.92. The van der Waals surface area contributed by atoms with Crippen molar-refractivity contribution >= 4 is 12.2 Å². The molecular weight excluding hydrogens is 276 g/mol. The molecule has 0 spiro atoms. The van der Waals surface area contributed by atoms with Gasteiger partial charge in [0.1, 0.15) is 10.7 Å². The number of rotatable bonds is 2. The second kappa shape index (κ2) is 5.46. The zero-order valence-corrected chi connectivity index (χ0v) is 13.2. The van der Waals surface area contributed by atoms with Crippen LogP contribution in [0.3, 0.4) is 0 Å². The maximum Gasteiger partial charge on any atom is 0.122 e. The zero-order valence-electron chi connectivity index (χ0n) is 12.4. The van der Waals surface area contributed by atoms with Gasteiger partial charge in [0, 0.05) is 11.3 Å². The quantitative estimate of drug-likeness (QED) is 0.801. The van der Waals surface area contributed by atoms with E-state index < -0.39 is 0 Å². The van der Waals surface area contributed by atoms with Gasteiger partial charge in [0.05, 0.1) is 5.56 Å². The van der Waals surface area contributed by atoms with Crippen molar-refractivity contribution < 1.29 is 0 Å². The molecule has 0 radical (unpaired) electrons. The molecule has 0 saturated carbocycles. The Morgan fingerprint density at radius 1 is 1.19 bits per heavy atom. The normalized spacial score (nSPS) is 13.2. The van der Waals surface area contributed by atoms with Crippen molar-refractivity contribution in [3.8, 4) is 17.2 Å². The van der Waals surface area contributed by atoms with Crippen molar-refractivity contribution in [1.82, 2.24) is 4.98 Å². The van der Waals surface area contributed by atoms with E-state index in [9.17, 15) is 5.26 Å². The van der Waals surface area contributed by atoms with Crippen molar-refractivity contribution in [1.29, 1.82) is 5.26 Å². The summed E-state index contributed by atoms with van der Waals surface area (Å²) in [6.45, 7) is 4.37. The van der Waals surface area contributed by atoms with E-state index in [2.05, 4.69) is 49.2 Å². The second-order valence-corrected chi connectivity index (χ2v) is 6.31. The van der Waals surface area contributed by atoms with E-state index in [1.807, 2.05) is 0 Å². The first-order chi connectivity index (χ1) is 10.1. The number of nitrogens with zero attached hydrogens (tertiary/aromatic N) is 1. The molecule has 0 saturated heterocycles. The van der Waals surface area contributed by atoms with Crippen LogP contribution in [-0.2, 0) is 12.8 Å². The predicted octanol–water partition coefficient (Wildman–Crippen LogP) is 4.89. The van der Waals surface area contributed by atoms with Crippen molar-refractivity contribution in [2.45, 2.75) is 39.0 Å². The van der Waals surface area contributed by atoms with Crippen LogP contribution in [0, 0.1) is 16.0 Å². The molecule has 1 aliphatic carbocycles. The van der Waals surface area contributed by atoms with Crippen LogP contribution < -0.4 is 0 Å². The second-order valence-electron chi connectivity index (χ2n) is 5.90. The summed E-state index contributed by atoms with van der Waals surface area (Å²) >= 11 is 5.37. The highest BCUT2D eigenvalue weighted by Gasteiger charge is 2.21. The minimum atomic E-state index is 0.513. The predicted molar refractivity (Wildman–Crippen MR) is 87.9 cm³/mol. The third-order valence-corrected chi connectivity index (χ3v) is 4.55. The van der Waals surface area contributed by atoms with Gasteiger partial charge in [-0.2, -0.15) is 5.26 Å². The number of nitriles is 1. The number of aryl methyl sites for hydroxylation is 1. The molecule has 3 rings (SSSR count). The van der Waals surface area contributed by atoms with Crippen LogP contribution in [0.1, 0.15) is 48.6 Å². The molecule has 21 heavy (non-hydrogen) atoms. The molecule has 0 fully saturated rings. The highest BCUT2D eigenvalue weighted by molar-refractivity contribution is 7.71. The molecule has 3 heteroatoms. The van der Waals surface area contributed by atoms with E-state index in [-0.39, 0.29) is 0 Å². The maximum atomic E-state index is 9.50. The first-order valence-electron chi connectivity index (χ1n) is 7.40. The van der Waals surface area contributed by atoms with E-state index in [1.165, 1.54) is 16.8 Å². The molecule has 1 aromatic heterocycles. The number of hydrogen-bond donors (Lipinski definition) is 1. The van der Waals surface area contributed by atoms with Crippen LogP contribution in [0.2, 0.25) is 0 Å². The summed E-state index contributed by atoms with van der Waals surface area (Å²) < 4.78 is 0.570. The van der Waals surface area contributed by atoms with Gasteiger partial charge in [-0.3, -0.25) is 0 Å². The number of H-pyrrole nitrogens is 1. The molecule has 2 aromatic rings. The smallest absolute Gasteiger partial charge is 0.122 e. The van der Waals surface area contributed by atoms with Gasteiger partial charge in [-0.15, -0.1) is 0 Å². The first-order valence-corrected chi connectivity index (χ1v) is 7.81. The lowest BCUT2D eigenvalue weighted by molar-refractivity contribution is 0.867. The highest BCUT2D eigenvalue weighted by atomic mass is 32.1. The fourth-order valence-corrected chi connectivity index (χ4v) is 3.35. The van der Waals surface area contributed by atoms with Gasteiger partial charge in [0.25, 0.3) is 0 Å². The maximum absolute atomic E-state index is 9.50. The lowest BCUT2D eigenvalue weighted by Crippen LogP contribution is -1.98. The molecule has 0 aliphatic heterocycles. The lowest BCUT2D eigenvalue weighted by Gasteiger charge is -2.13. The van der Waals surface area contributed by atoms with Crippen LogP contribution in [-0.4, -0.2) is 4.98 Å². The Balaban J connectivity index is 2.22. The molecule has 106 valence electrons. The molecular formula is C18H18N2S. The molecule has 0 unspecified atom stereocenters. The Morgan fingerprint density at radius 2 is 1.90 bits per heavy atom. The van der Waals surface area contributed by atoms with E-state index in [0.29, 0.717) is 16.1 Å². The molecule has 0 bridgehead atoms. The minimum absolute atomic E-state index is 0.513. The Labute approximate surface area is 130 Å². The summed E-state index contributed by atoms with van der Waals surface area (Å²) in [5.74, 6) is 0.513. The molecule has 1 N–H and O–H groups in total. The number of benzene rings is 1. The van der Waals surface area contributed by atoms with Gasteiger partial charge in [0.15, 0.2) is 0 Å². The topological polar surface area (TPSA) is 39.6 Å². The number of nitrogens with one attached hydrogen (secondary N) is 1. The average molecular weight is 294 g/mol. The third-order valence-electron chi connectivity index (χ3n) is 4.24. The number of fused-ring (bicyclic) bond motifs is 1. The first kappa shape index (κ1) is 14.0. The number of hydrogen-bond acceptors (Lipinski definition) is 2. The Bertz CT molecular complexity index is 777. The largest absolute Gasteiger partial charge is 0.349 e. The Kier molecular flexibility index (Phi) is 3.65. The number of pyridine rings is 1. The number of aromatic amines is 1. The molecule has 0 amide bonds. The van der Waals surface area contributed by atoms with Crippen LogP contribution in [0.4, 0.5) is 0 Å². The van der Waals surface area contributed by atoms with Crippen LogP contribution in [0.15, 0.2) is 24.3 Å². The zero-order chi connectivity index (χ0) is 15.0. The summed E-state index contributed by atoms with van der Waals surface area (Å²) in [6, 6.07) is 10.9. The molecule has 2 nitrogen and oxygen atoms in total. The van der Waals surface area contributed by atoms with Crippen LogP contribution in [0.25, 0.3) is 11.1 Å². The highest BCUT2D eigenvalue weighted by Crippen LogP contribution is 2.35. The summed E-state index contributed by atoms with van der Waals surface area (Å²) in [5, 5.41) is 9.50. The molecule has 0 atom stereocenters. The monoisotopic (exact) mass is 294 g/mol. The summed E-state index contributed by atoms with van der Waals surface area (Å²) in [7, 11) is 0. The SMILES string of the molecule is CC(C)c1ccc(-c2c3c([nH]c(=S)c2C#N)CCC3)cc1. The van der Waals surface area contributed by atoms with Gasteiger partial charge in [-0.25, -0.2) is 0 Å². The third kappa shape index (κ3) is 2.41. The summed E-state index contributed by atoms with van der Waals surface area (Å²) in [6.07, 6.45) is 3.19. The van der Waals surface area contributed by atoms with E-state index in [1.54, 1.807) is 0 Å². The molecule has 1 aromatic carbocycles. The van der Waals surface area contributed by atoms with E-state index in [4.69, 9.17) is 12.2 Å². The molecule has 1 aliphatic rings. The number of aromatic nitrogens is 1. The van der Waals surface area contributed by atoms with Gasteiger partial charge < -0.3 is 4.98 Å². The van der Waals surface area contributed by atoms with Crippen molar-refractivity contribution in [2.75, 3.05) is 0 Å². The fraction of sp³-hybridized carbons (Fsp3) is 0.333. The summed E-state index contributed by atoms with van der Waals surface area (Å²) in [5.41, 5.74) is 6.57. The van der Waals surface area contributed by atoms with Crippen molar-refractivity contribution in [3.05, 3.63) is 51.3 Å². The summed E-state index contributed by atoms with van der Waals surface area (Å²) in [4.78, 5) is 3.24. The van der Waals surface area contributed by atoms with Crippen LogP contribution in [0.5, 0.6) is 0 Å². The Morgan fingerprint density at radius 3 is 2.52 bits per heavy atom.